The van der Waals surface area contributed by atoms with Crippen LogP contribution in [0.4, 0.5) is 0 Å². The van der Waals surface area contributed by atoms with E-state index >= 15 is 0 Å². The number of fused-ring (bicyclic) bond motifs is 1. The fraction of sp³-hybridized carbons (Fsp3) is 0.500. The highest BCUT2D eigenvalue weighted by Crippen LogP contribution is 2.30. The lowest BCUT2D eigenvalue weighted by Gasteiger charge is -2.22. The van der Waals surface area contributed by atoms with E-state index in [0.29, 0.717) is 6.04 Å². The molecule has 2 aromatic rings. The van der Waals surface area contributed by atoms with Gasteiger partial charge in [-0.1, -0.05) is 18.2 Å². The Morgan fingerprint density at radius 2 is 2.26 bits per heavy atom. The summed E-state index contributed by atoms with van der Waals surface area (Å²) in [6, 6.07) is 10.8. The van der Waals surface area contributed by atoms with Gasteiger partial charge < -0.3 is 9.73 Å². The van der Waals surface area contributed by atoms with Crippen LogP contribution in [0.15, 0.2) is 34.7 Å². The summed E-state index contributed by atoms with van der Waals surface area (Å²) in [4.78, 5) is 2.53. The van der Waals surface area contributed by atoms with E-state index in [1.165, 1.54) is 24.9 Å². The van der Waals surface area contributed by atoms with Crippen LogP contribution in [0, 0.1) is 5.92 Å². The minimum Gasteiger partial charge on any atom is -0.459 e. The molecule has 2 heterocycles. The SMILES string of the molecule is CNCC1CCN(C(C)c2cc3ccccc3o2)C1. The number of hydrogen-bond acceptors (Lipinski definition) is 3. The maximum atomic E-state index is 5.98. The van der Waals surface area contributed by atoms with Gasteiger partial charge in [0.2, 0.25) is 0 Å². The highest BCUT2D eigenvalue weighted by atomic mass is 16.3. The van der Waals surface area contributed by atoms with Gasteiger partial charge in [-0.3, -0.25) is 4.90 Å². The summed E-state index contributed by atoms with van der Waals surface area (Å²) >= 11 is 0. The van der Waals surface area contributed by atoms with Crippen molar-refractivity contribution in [3.8, 4) is 0 Å². The van der Waals surface area contributed by atoms with Crippen LogP contribution in [0.2, 0.25) is 0 Å². The van der Waals surface area contributed by atoms with Crippen LogP contribution in [0.5, 0.6) is 0 Å². The molecule has 2 atom stereocenters. The molecule has 0 saturated carbocycles. The lowest BCUT2D eigenvalue weighted by atomic mass is 10.1. The first kappa shape index (κ1) is 12.7. The Morgan fingerprint density at radius 1 is 1.42 bits per heavy atom. The molecule has 1 aliphatic rings. The van der Waals surface area contributed by atoms with Gasteiger partial charge >= 0.3 is 0 Å². The molecule has 19 heavy (non-hydrogen) atoms. The van der Waals surface area contributed by atoms with Crippen molar-refractivity contribution < 1.29 is 4.42 Å². The standard InChI is InChI=1S/C16H22N2O/c1-12(18-8-7-13(11-18)10-17-2)16-9-14-5-3-4-6-15(14)19-16/h3-6,9,12-13,17H,7-8,10-11H2,1-2H3. The zero-order valence-corrected chi connectivity index (χ0v) is 11.7. The molecule has 1 aromatic carbocycles. The molecule has 0 radical (unpaired) electrons. The fourth-order valence-electron chi connectivity index (χ4n) is 3.06. The Morgan fingerprint density at radius 3 is 3.05 bits per heavy atom. The van der Waals surface area contributed by atoms with Crippen LogP contribution >= 0.6 is 0 Å². The molecule has 3 rings (SSSR count). The van der Waals surface area contributed by atoms with Gasteiger partial charge in [0, 0.05) is 11.9 Å². The zero-order chi connectivity index (χ0) is 13.2. The predicted molar refractivity (Wildman–Crippen MR) is 78.2 cm³/mol. The maximum Gasteiger partial charge on any atom is 0.134 e. The predicted octanol–water partition coefficient (Wildman–Crippen LogP) is 3.04. The third-order valence-electron chi connectivity index (χ3n) is 4.21. The van der Waals surface area contributed by atoms with Crippen molar-refractivity contribution in [3.63, 3.8) is 0 Å². The molecule has 1 fully saturated rings. The number of rotatable bonds is 4. The Bertz CT molecular complexity index is 515. The molecule has 1 saturated heterocycles. The number of furan rings is 1. The van der Waals surface area contributed by atoms with E-state index in [-0.39, 0.29) is 0 Å². The van der Waals surface area contributed by atoms with Crippen molar-refractivity contribution in [2.24, 2.45) is 5.92 Å². The molecule has 0 spiro atoms. The van der Waals surface area contributed by atoms with Crippen LogP contribution < -0.4 is 5.32 Å². The first-order chi connectivity index (χ1) is 9.28. The van der Waals surface area contributed by atoms with Gasteiger partial charge in [-0.2, -0.15) is 0 Å². The third-order valence-corrected chi connectivity index (χ3v) is 4.21. The second-order valence-electron chi connectivity index (χ2n) is 5.57. The number of para-hydroxylation sites is 1. The Kier molecular flexibility index (Phi) is 3.58. The van der Waals surface area contributed by atoms with Crippen molar-refractivity contribution in [2.75, 3.05) is 26.7 Å². The minimum absolute atomic E-state index is 0.370. The van der Waals surface area contributed by atoms with Crippen molar-refractivity contribution in [1.29, 1.82) is 0 Å². The molecule has 0 amide bonds. The Hall–Kier alpha value is -1.32. The van der Waals surface area contributed by atoms with Gasteiger partial charge in [0.15, 0.2) is 0 Å². The molecule has 102 valence electrons. The van der Waals surface area contributed by atoms with Gasteiger partial charge in [-0.05, 0) is 51.5 Å². The fourth-order valence-corrected chi connectivity index (χ4v) is 3.06. The van der Waals surface area contributed by atoms with E-state index in [9.17, 15) is 0 Å². The summed E-state index contributed by atoms with van der Waals surface area (Å²) in [5, 5.41) is 4.48. The Balaban J connectivity index is 1.75. The largest absolute Gasteiger partial charge is 0.459 e. The van der Waals surface area contributed by atoms with E-state index in [1.54, 1.807) is 0 Å². The number of benzene rings is 1. The van der Waals surface area contributed by atoms with Crippen LogP contribution in [0.25, 0.3) is 11.0 Å². The minimum atomic E-state index is 0.370. The lowest BCUT2D eigenvalue weighted by molar-refractivity contribution is 0.226. The molecule has 2 unspecified atom stereocenters. The summed E-state index contributed by atoms with van der Waals surface area (Å²) in [7, 11) is 2.03. The molecule has 0 bridgehead atoms. The second-order valence-corrected chi connectivity index (χ2v) is 5.57. The quantitative estimate of drug-likeness (QED) is 0.913. The van der Waals surface area contributed by atoms with E-state index < -0.39 is 0 Å². The van der Waals surface area contributed by atoms with Crippen LogP contribution in [-0.2, 0) is 0 Å². The molecule has 1 N–H and O–H groups in total. The molecular weight excluding hydrogens is 236 g/mol. The Labute approximate surface area is 114 Å². The average Bonchev–Trinajstić information content (AvgIpc) is 3.04. The number of hydrogen-bond donors (Lipinski definition) is 1. The topological polar surface area (TPSA) is 28.4 Å². The van der Waals surface area contributed by atoms with E-state index in [4.69, 9.17) is 4.42 Å². The van der Waals surface area contributed by atoms with Gasteiger partial charge in [-0.25, -0.2) is 0 Å². The summed E-state index contributed by atoms with van der Waals surface area (Å²) in [5.74, 6) is 1.86. The summed E-state index contributed by atoms with van der Waals surface area (Å²) < 4.78 is 5.98. The molecule has 1 aromatic heterocycles. The molecule has 0 aliphatic carbocycles. The highest BCUT2D eigenvalue weighted by molar-refractivity contribution is 5.77. The second kappa shape index (κ2) is 5.35. The number of nitrogens with zero attached hydrogens (tertiary/aromatic N) is 1. The summed E-state index contributed by atoms with van der Waals surface area (Å²) in [5.41, 5.74) is 0.996. The molecular formula is C16H22N2O. The van der Waals surface area contributed by atoms with Crippen LogP contribution in [0.3, 0.4) is 0 Å². The first-order valence-corrected chi connectivity index (χ1v) is 7.15. The van der Waals surface area contributed by atoms with E-state index in [0.717, 1.165) is 23.8 Å². The molecule has 3 heteroatoms. The first-order valence-electron chi connectivity index (χ1n) is 7.15. The molecule has 3 nitrogen and oxygen atoms in total. The van der Waals surface area contributed by atoms with Crippen LogP contribution in [-0.4, -0.2) is 31.6 Å². The van der Waals surface area contributed by atoms with Crippen LogP contribution in [0.1, 0.15) is 25.1 Å². The number of likely N-dealkylation sites (tertiary alicyclic amines) is 1. The lowest BCUT2D eigenvalue weighted by Crippen LogP contribution is -2.26. The van der Waals surface area contributed by atoms with Gasteiger partial charge in [0.05, 0.1) is 6.04 Å². The van der Waals surface area contributed by atoms with Crippen molar-refractivity contribution in [3.05, 3.63) is 36.1 Å². The summed E-state index contributed by atoms with van der Waals surface area (Å²) in [6.45, 7) is 5.70. The summed E-state index contributed by atoms with van der Waals surface area (Å²) in [6.07, 6.45) is 1.28. The van der Waals surface area contributed by atoms with Gasteiger partial charge in [0.1, 0.15) is 11.3 Å². The monoisotopic (exact) mass is 258 g/mol. The van der Waals surface area contributed by atoms with Crippen molar-refractivity contribution >= 4 is 11.0 Å². The van der Waals surface area contributed by atoms with Gasteiger partial charge in [-0.15, -0.1) is 0 Å². The van der Waals surface area contributed by atoms with Crippen molar-refractivity contribution in [1.82, 2.24) is 10.2 Å². The normalized spacial score (nSPS) is 22.1. The van der Waals surface area contributed by atoms with Crippen molar-refractivity contribution in [2.45, 2.75) is 19.4 Å². The highest BCUT2D eigenvalue weighted by Gasteiger charge is 2.27. The smallest absolute Gasteiger partial charge is 0.134 e. The third kappa shape index (κ3) is 2.53. The zero-order valence-electron chi connectivity index (χ0n) is 11.7. The maximum absolute atomic E-state index is 5.98. The van der Waals surface area contributed by atoms with E-state index in [2.05, 4.69) is 35.3 Å². The molecule has 1 aliphatic heterocycles. The van der Waals surface area contributed by atoms with E-state index in [1.807, 2.05) is 19.2 Å². The average molecular weight is 258 g/mol. The number of nitrogens with one attached hydrogen (secondary N) is 1. The van der Waals surface area contributed by atoms with Gasteiger partial charge in [0.25, 0.3) is 0 Å².